The maximum Gasteiger partial charge on any atom is 0.338 e. The lowest BCUT2D eigenvalue weighted by Gasteiger charge is -2.24. The van der Waals surface area contributed by atoms with Gasteiger partial charge in [-0.25, -0.2) is 9.79 Å². The summed E-state index contributed by atoms with van der Waals surface area (Å²) in [7, 11) is 0. The van der Waals surface area contributed by atoms with Crippen LogP contribution in [0.1, 0.15) is 31.0 Å². The Hall–Kier alpha value is -3.03. The molecule has 0 unspecified atom stereocenters. The zero-order valence-corrected chi connectivity index (χ0v) is 20.0. The largest absolute Gasteiger partial charge is 0.463 e. The molecule has 0 saturated heterocycles. The van der Waals surface area contributed by atoms with Crippen LogP contribution in [-0.4, -0.2) is 17.1 Å². The Morgan fingerprint density at radius 3 is 2.59 bits per heavy atom. The van der Waals surface area contributed by atoms with Crippen molar-refractivity contribution >= 4 is 45.4 Å². The molecule has 0 radical (unpaired) electrons. The number of nitrogens with zero attached hydrogens (tertiary/aromatic N) is 2. The summed E-state index contributed by atoms with van der Waals surface area (Å²) in [6, 6.07) is 16.8. The van der Waals surface area contributed by atoms with Crippen LogP contribution in [0, 0.1) is 0 Å². The fourth-order valence-electron chi connectivity index (χ4n) is 3.58. The van der Waals surface area contributed by atoms with Crippen molar-refractivity contribution in [2.75, 3.05) is 6.61 Å². The number of aromatic nitrogens is 1. The van der Waals surface area contributed by atoms with Crippen LogP contribution in [0.4, 0.5) is 0 Å². The van der Waals surface area contributed by atoms with E-state index in [1.54, 1.807) is 24.5 Å². The molecule has 1 aromatic heterocycles. The van der Waals surface area contributed by atoms with Crippen LogP contribution in [0.3, 0.4) is 0 Å². The summed E-state index contributed by atoms with van der Waals surface area (Å²) >= 11 is 4.74. The third-order valence-electron chi connectivity index (χ3n) is 5.04. The number of esters is 1. The molecule has 2 aromatic carbocycles. The van der Waals surface area contributed by atoms with Crippen LogP contribution >= 0.6 is 27.3 Å². The fourth-order valence-corrected chi connectivity index (χ4v) is 4.84. The highest BCUT2D eigenvalue weighted by Gasteiger charge is 2.33. The molecular weight excluding hydrogens is 488 g/mol. The van der Waals surface area contributed by atoms with Gasteiger partial charge in [-0.2, -0.15) is 0 Å². The summed E-state index contributed by atoms with van der Waals surface area (Å²) < 4.78 is 8.45. The molecule has 0 aliphatic carbocycles. The second kappa shape index (κ2) is 9.63. The molecule has 162 valence electrons. The summed E-state index contributed by atoms with van der Waals surface area (Å²) in [5, 5.41) is 0. The van der Waals surface area contributed by atoms with E-state index >= 15 is 0 Å². The number of thiazole rings is 1. The minimum Gasteiger partial charge on any atom is -0.463 e. The van der Waals surface area contributed by atoms with Crippen LogP contribution in [-0.2, 0) is 9.53 Å². The molecule has 3 aromatic rings. The van der Waals surface area contributed by atoms with Gasteiger partial charge in [-0.15, -0.1) is 0 Å². The van der Waals surface area contributed by atoms with Crippen molar-refractivity contribution in [1.29, 1.82) is 0 Å². The van der Waals surface area contributed by atoms with Crippen LogP contribution in [0.5, 0.6) is 0 Å². The van der Waals surface area contributed by atoms with E-state index in [1.165, 1.54) is 11.3 Å². The van der Waals surface area contributed by atoms with Gasteiger partial charge in [-0.3, -0.25) is 9.36 Å². The summed E-state index contributed by atoms with van der Waals surface area (Å²) in [6.07, 6.45) is 5.58. The number of fused-ring (bicyclic) bond motifs is 1. The van der Waals surface area contributed by atoms with E-state index in [1.807, 2.05) is 66.7 Å². The van der Waals surface area contributed by atoms with Crippen molar-refractivity contribution in [2.45, 2.75) is 19.9 Å². The van der Waals surface area contributed by atoms with E-state index in [0.717, 1.165) is 15.6 Å². The normalized spacial score (nSPS) is 16.2. The number of halogens is 1. The van der Waals surface area contributed by atoms with Gasteiger partial charge in [0.25, 0.3) is 5.56 Å². The third-order valence-corrected chi connectivity index (χ3v) is 6.57. The molecule has 32 heavy (non-hydrogen) atoms. The fraction of sp³-hybridized carbons (Fsp3) is 0.160. The Bertz CT molecular complexity index is 1380. The first kappa shape index (κ1) is 22.2. The Balaban J connectivity index is 1.83. The predicted molar refractivity (Wildman–Crippen MR) is 131 cm³/mol. The second-order valence-electron chi connectivity index (χ2n) is 7.15. The van der Waals surface area contributed by atoms with E-state index in [0.29, 0.717) is 20.6 Å². The van der Waals surface area contributed by atoms with Gasteiger partial charge in [0.2, 0.25) is 0 Å². The highest BCUT2D eigenvalue weighted by atomic mass is 79.9. The topological polar surface area (TPSA) is 60.7 Å². The Morgan fingerprint density at radius 2 is 1.91 bits per heavy atom. The number of carbonyl (C=O) groups excluding carboxylic acids is 1. The first-order valence-electron chi connectivity index (χ1n) is 10.2. The number of allylic oxidation sites excluding steroid dienone is 2. The van der Waals surface area contributed by atoms with Gasteiger partial charge in [0.1, 0.15) is 0 Å². The maximum absolute atomic E-state index is 13.4. The van der Waals surface area contributed by atoms with Gasteiger partial charge < -0.3 is 4.74 Å². The lowest BCUT2D eigenvalue weighted by Crippen LogP contribution is -2.39. The van der Waals surface area contributed by atoms with Gasteiger partial charge in [-0.05, 0) is 43.2 Å². The Kier molecular flexibility index (Phi) is 6.67. The predicted octanol–water partition coefficient (Wildman–Crippen LogP) is 4.23. The smallest absolute Gasteiger partial charge is 0.338 e. The first-order chi connectivity index (χ1) is 15.5. The van der Waals surface area contributed by atoms with Gasteiger partial charge in [0.15, 0.2) is 4.80 Å². The van der Waals surface area contributed by atoms with E-state index in [4.69, 9.17) is 4.74 Å². The molecule has 4 rings (SSSR count). The first-order valence-corrected chi connectivity index (χ1v) is 11.8. The standard InChI is InChI=1S/C25H21BrN2O3S/c1-3-31-24(30)21-16(2)27-25-28(22(21)18-9-5-4-6-10-18)23(29)20(32-25)11-7-8-17-12-14-19(26)15-13-17/h4-15,22H,3H2,1-2H3/b8-7+,20-11-/t22-/m1/s1. The zero-order chi connectivity index (χ0) is 22.7. The van der Waals surface area contributed by atoms with Gasteiger partial charge >= 0.3 is 5.97 Å². The zero-order valence-electron chi connectivity index (χ0n) is 17.6. The minimum atomic E-state index is -0.580. The minimum absolute atomic E-state index is 0.183. The van der Waals surface area contributed by atoms with Crippen molar-refractivity contribution in [2.24, 2.45) is 4.99 Å². The van der Waals surface area contributed by atoms with Crippen LogP contribution < -0.4 is 14.9 Å². The molecule has 0 saturated carbocycles. The number of carbonyl (C=O) groups is 1. The average molecular weight is 509 g/mol. The van der Waals surface area contributed by atoms with Crippen molar-refractivity contribution in [3.05, 3.63) is 107 Å². The molecular formula is C25H21BrN2O3S. The second-order valence-corrected chi connectivity index (χ2v) is 9.07. The molecule has 0 spiro atoms. The number of rotatable bonds is 5. The van der Waals surface area contributed by atoms with Crippen LogP contribution in [0.15, 0.2) is 86.2 Å². The number of hydrogen-bond acceptors (Lipinski definition) is 5. The Morgan fingerprint density at radius 1 is 1.19 bits per heavy atom. The average Bonchev–Trinajstić information content (AvgIpc) is 3.09. The molecule has 1 aliphatic heterocycles. The molecule has 0 bridgehead atoms. The van der Waals surface area contributed by atoms with Crippen molar-refractivity contribution in [1.82, 2.24) is 4.57 Å². The lowest BCUT2D eigenvalue weighted by molar-refractivity contribution is -0.139. The van der Waals surface area contributed by atoms with Gasteiger partial charge in [0, 0.05) is 4.47 Å². The number of benzene rings is 2. The summed E-state index contributed by atoms with van der Waals surface area (Å²) in [5.74, 6) is -0.452. The van der Waals surface area contributed by atoms with Crippen molar-refractivity contribution < 1.29 is 9.53 Å². The quantitative estimate of drug-likeness (QED) is 0.484. The van der Waals surface area contributed by atoms with E-state index < -0.39 is 12.0 Å². The Labute approximate surface area is 197 Å². The number of ether oxygens (including phenoxy) is 1. The van der Waals surface area contributed by atoms with Crippen LogP contribution in [0.2, 0.25) is 0 Å². The van der Waals surface area contributed by atoms with Gasteiger partial charge in [-0.1, -0.05) is 81.9 Å². The summed E-state index contributed by atoms with van der Waals surface area (Å²) in [4.78, 5) is 31.3. The molecule has 0 amide bonds. The molecule has 0 fully saturated rings. The lowest BCUT2D eigenvalue weighted by atomic mass is 9.96. The third kappa shape index (κ3) is 4.45. The monoisotopic (exact) mass is 508 g/mol. The van der Waals surface area contributed by atoms with Crippen molar-refractivity contribution in [3.63, 3.8) is 0 Å². The number of hydrogen-bond donors (Lipinski definition) is 0. The van der Waals surface area contributed by atoms with E-state index in [-0.39, 0.29) is 12.2 Å². The molecule has 7 heteroatoms. The molecule has 0 N–H and O–H groups in total. The molecule has 2 heterocycles. The maximum atomic E-state index is 13.4. The highest BCUT2D eigenvalue weighted by molar-refractivity contribution is 9.10. The SMILES string of the molecule is CCOC(=O)C1=C(C)N=c2s/c(=C\C=C\c3ccc(Br)cc3)c(=O)n2[C@@H]1c1ccccc1. The van der Waals surface area contributed by atoms with E-state index in [9.17, 15) is 9.59 Å². The van der Waals surface area contributed by atoms with Crippen molar-refractivity contribution in [3.8, 4) is 0 Å². The molecule has 1 atom stereocenters. The highest BCUT2D eigenvalue weighted by Crippen LogP contribution is 2.30. The summed E-state index contributed by atoms with van der Waals surface area (Å²) in [5.41, 5.74) is 2.64. The summed E-state index contributed by atoms with van der Waals surface area (Å²) in [6.45, 7) is 3.80. The molecule has 5 nitrogen and oxygen atoms in total. The van der Waals surface area contributed by atoms with E-state index in [2.05, 4.69) is 20.9 Å². The molecule has 1 aliphatic rings. The van der Waals surface area contributed by atoms with Gasteiger partial charge in [0.05, 0.1) is 28.5 Å². The van der Waals surface area contributed by atoms with Crippen LogP contribution in [0.25, 0.3) is 12.2 Å².